The normalized spacial score (nSPS) is 15.0. The molecule has 0 saturated heterocycles. The van der Waals surface area contributed by atoms with E-state index in [2.05, 4.69) is 382 Å². The summed E-state index contributed by atoms with van der Waals surface area (Å²) in [4.78, 5) is 4.97. The van der Waals surface area contributed by atoms with Gasteiger partial charge in [-0.2, -0.15) is 0 Å². The van der Waals surface area contributed by atoms with Gasteiger partial charge >= 0.3 is 0 Å². The molecule has 5 aliphatic carbocycles. The maximum absolute atomic E-state index is 6.42. The summed E-state index contributed by atoms with van der Waals surface area (Å²) in [6.45, 7) is 4.85. The molecular weight excluding hydrogens is 1260 g/mol. The van der Waals surface area contributed by atoms with Gasteiger partial charge < -0.3 is 14.2 Å². The van der Waals surface area contributed by atoms with Crippen molar-refractivity contribution in [2.45, 2.75) is 30.1 Å². The Kier molecular flexibility index (Phi) is 12.4. The first kappa shape index (κ1) is 58.7. The minimum Gasteiger partial charge on any atom is -0.456 e. The van der Waals surface area contributed by atoms with Crippen molar-refractivity contribution in [1.29, 1.82) is 0 Å². The zero-order valence-corrected chi connectivity index (χ0v) is 57.4. The van der Waals surface area contributed by atoms with Crippen LogP contribution in [-0.2, 0) is 16.2 Å². The highest BCUT2D eigenvalue weighted by Crippen LogP contribution is 2.67. The van der Waals surface area contributed by atoms with Gasteiger partial charge in [0.05, 0.1) is 16.5 Å². The first-order valence-corrected chi connectivity index (χ1v) is 36.4. The van der Waals surface area contributed by atoms with Crippen molar-refractivity contribution in [2.24, 2.45) is 0 Å². The number of benzene rings is 16. The SMILES string of the molecule is CC1(C)c2ccc(-c3ccc4c(c3)C3(c5ccccc5-c5cc(N(c6ccc(-c7ccccc7)cc6)c6ccc7oc8ccccc8c7c6)ccc53)c3ccccc3-4)cc2-c2ccc(N(c3ccc(-c4ccccc4)cc3)c3cccc4c3-c3ccccc3C43c4ccccc4-c4ccccc43)cc21. The Labute approximate surface area is 605 Å². The van der Waals surface area contributed by atoms with E-state index in [4.69, 9.17) is 4.42 Å². The van der Waals surface area contributed by atoms with Crippen LogP contribution in [0.2, 0.25) is 0 Å². The summed E-state index contributed by atoms with van der Waals surface area (Å²) in [5.74, 6) is 0. The highest BCUT2D eigenvalue weighted by molar-refractivity contribution is 6.08. The number of furan rings is 1. The summed E-state index contributed by atoms with van der Waals surface area (Å²) in [5, 5.41) is 2.20. The molecule has 1 aromatic heterocycles. The van der Waals surface area contributed by atoms with Gasteiger partial charge in [0.15, 0.2) is 0 Å². The number of fused-ring (bicyclic) bond motifs is 26. The molecule has 3 heteroatoms. The van der Waals surface area contributed by atoms with E-state index in [0.717, 1.165) is 56.1 Å². The second-order valence-corrected chi connectivity index (χ2v) is 29.3. The average Bonchev–Trinajstić information content (AvgIpc) is 1.50. The molecule has 486 valence electrons. The molecule has 0 aliphatic heterocycles. The molecule has 0 bridgehead atoms. The molecule has 0 amide bonds. The lowest BCUT2D eigenvalue weighted by Gasteiger charge is -2.32. The van der Waals surface area contributed by atoms with E-state index < -0.39 is 10.8 Å². The van der Waals surface area contributed by atoms with E-state index >= 15 is 0 Å². The monoisotopic (exact) mass is 1320 g/mol. The van der Waals surface area contributed by atoms with E-state index in [9.17, 15) is 0 Å². The van der Waals surface area contributed by atoms with Crippen LogP contribution in [0.5, 0.6) is 0 Å². The first-order valence-electron chi connectivity index (χ1n) is 36.4. The fourth-order valence-corrected chi connectivity index (χ4v) is 19.4. The highest BCUT2D eigenvalue weighted by Gasteiger charge is 2.54. The zero-order chi connectivity index (χ0) is 68.6. The molecule has 22 rings (SSSR count). The van der Waals surface area contributed by atoms with Crippen molar-refractivity contribution >= 4 is 56.1 Å². The quantitative estimate of drug-likeness (QED) is 0.144. The largest absolute Gasteiger partial charge is 0.456 e. The first-order chi connectivity index (χ1) is 51.3. The Morgan fingerprint density at radius 1 is 0.212 bits per heavy atom. The van der Waals surface area contributed by atoms with Crippen LogP contribution in [0.3, 0.4) is 0 Å². The Bertz CT molecular complexity index is 6410. The van der Waals surface area contributed by atoms with Crippen LogP contribution in [0.15, 0.2) is 368 Å². The number of nitrogens with zero attached hydrogens (tertiary/aromatic N) is 2. The smallest absolute Gasteiger partial charge is 0.135 e. The molecule has 2 spiro atoms. The third-order valence-electron chi connectivity index (χ3n) is 23.9. The second kappa shape index (κ2) is 22.0. The molecule has 1 atom stereocenters. The predicted octanol–water partition coefficient (Wildman–Crippen LogP) is 26.5. The van der Waals surface area contributed by atoms with Gasteiger partial charge in [-0.15, -0.1) is 0 Å². The molecule has 0 saturated carbocycles. The summed E-state index contributed by atoms with van der Waals surface area (Å²) >= 11 is 0. The van der Waals surface area contributed by atoms with Crippen LogP contribution in [0, 0.1) is 0 Å². The van der Waals surface area contributed by atoms with Crippen molar-refractivity contribution in [2.75, 3.05) is 9.80 Å². The van der Waals surface area contributed by atoms with Gasteiger partial charge in [0, 0.05) is 50.2 Å². The van der Waals surface area contributed by atoms with Gasteiger partial charge in [0.25, 0.3) is 0 Å². The fourth-order valence-electron chi connectivity index (χ4n) is 19.4. The molecule has 0 N–H and O–H groups in total. The van der Waals surface area contributed by atoms with Crippen molar-refractivity contribution < 1.29 is 4.42 Å². The average molecular weight is 1320 g/mol. The minimum absolute atomic E-state index is 0.310. The highest BCUT2D eigenvalue weighted by atomic mass is 16.3. The Morgan fingerprint density at radius 3 is 1.25 bits per heavy atom. The standard InChI is InChI=1S/C101H66N2O/c1-99(2)85-55-45-67(58-82(85)79-54-50-73(62-93(79)99)103(70-48-42-66(43-49-70)64-24-7-4-8-25-64)95-38-21-37-92-98(95)81-31-13-19-36-90(81)100(92)86-32-15-9-26-74(86)75-27-10-16-33-87(75)100)68-44-53-78-76-28-11-17-34-88(76)101(94(78)59-68)89-35-18-12-29-77(89)83-60-71(51-56-91(83)101)102(69-46-40-65(41-47-69)63-22-5-3-6-23-63)72-52-57-97-84(61-72)80-30-14-20-39-96(80)104-97/h3-62H,1-2H3. The summed E-state index contributed by atoms with van der Waals surface area (Å²) in [6.07, 6.45) is 0. The van der Waals surface area contributed by atoms with Gasteiger partial charge in [-0.1, -0.05) is 287 Å². The van der Waals surface area contributed by atoms with E-state index in [1.54, 1.807) is 0 Å². The number of para-hydroxylation sites is 1. The summed E-state index contributed by atoms with van der Waals surface area (Å²) < 4.78 is 6.42. The van der Waals surface area contributed by atoms with Crippen LogP contribution < -0.4 is 9.80 Å². The van der Waals surface area contributed by atoms with Crippen LogP contribution >= 0.6 is 0 Å². The Balaban J connectivity index is 0.675. The third-order valence-corrected chi connectivity index (χ3v) is 23.9. The zero-order valence-electron chi connectivity index (χ0n) is 57.4. The number of rotatable bonds is 9. The molecule has 5 aliphatic rings. The molecule has 1 heterocycles. The molecule has 104 heavy (non-hydrogen) atoms. The van der Waals surface area contributed by atoms with Gasteiger partial charge in [-0.25, -0.2) is 0 Å². The number of hydrogen-bond acceptors (Lipinski definition) is 3. The van der Waals surface area contributed by atoms with Crippen molar-refractivity contribution in [3.05, 3.63) is 420 Å². The molecule has 0 radical (unpaired) electrons. The molecule has 3 nitrogen and oxygen atoms in total. The van der Waals surface area contributed by atoms with Crippen LogP contribution in [-0.4, -0.2) is 0 Å². The molecule has 0 fully saturated rings. The maximum atomic E-state index is 6.42. The number of hydrogen-bond donors (Lipinski definition) is 0. The lowest BCUT2D eigenvalue weighted by molar-refractivity contribution is 0.660. The molecule has 1 unspecified atom stereocenters. The van der Waals surface area contributed by atoms with E-state index in [1.807, 2.05) is 6.07 Å². The third kappa shape index (κ3) is 8.07. The lowest BCUT2D eigenvalue weighted by Crippen LogP contribution is -2.26. The maximum Gasteiger partial charge on any atom is 0.135 e. The Hall–Kier alpha value is -13.1. The van der Waals surface area contributed by atoms with Crippen LogP contribution in [0.4, 0.5) is 34.1 Å². The van der Waals surface area contributed by atoms with E-state index in [-0.39, 0.29) is 5.41 Å². The summed E-state index contributed by atoms with van der Waals surface area (Å²) in [7, 11) is 0. The lowest BCUT2D eigenvalue weighted by atomic mass is 9.70. The molecule has 17 aromatic rings. The van der Waals surface area contributed by atoms with Crippen molar-refractivity contribution in [3.8, 4) is 89.0 Å². The summed E-state index contributed by atoms with van der Waals surface area (Å²) in [5.41, 5.74) is 40.1. The van der Waals surface area contributed by atoms with Crippen molar-refractivity contribution in [3.63, 3.8) is 0 Å². The Morgan fingerprint density at radius 2 is 0.606 bits per heavy atom. The van der Waals surface area contributed by atoms with Crippen LogP contribution in [0.1, 0.15) is 69.5 Å². The minimum atomic E-state index is -0.577. The molecular formula is C101H66N2O. The fraction of sp³-hybridized carbons (Fsp3) is 0.0495. The topological polar surface area (TPSA) is 19.6 Å². The van der Waals surface area contributed by atoms with E-state index in [1.165, 1.54) is 145 Å². The number of anilines is 6. The predicted molar refractivity (Wildman–Crippen MR) is 430 cm³/mol. The second-order valence-electron chi connectivity index (χ2n) is 29.3. The molecule has 16 aromatic carbocycles. The van der Waals surface area contributed by atoms with Gasteiger partial charge in [0.1, 0.15) is 11.2 Å². The van der Waals surface area contributed by atoms with E-state index in [0.29, 0.717) is 0 Å². The van der Waals surface area contributed by atoms with Gasteiger partial charge in [-0.05, 0) is 230 Å². The van der Waals surface area contributed by atoms with Crippen molar-refractivity contribution in [1.82, 2.24) is 0 Å². The van der Waals surface area contributed by atoms with Gasteiger partial charge in [0.2, 0.25) is 0 Å². The van der Waals surface area contributed by atoms with Gasteiger partial charge in [-0.3, -0.25) is 0 Å². The summed E-state index contributed by atoms with van der Waals surface area (Å²) in [6, 6.07) is 137. The van der Waals surface area contributed by atoms with Crippen LogP contribution in [0.25, 0.3) is 111 Å².